The lowest BCUT2D eigenvalue weighted by atomic mass is 9.28. The second-order valence-corrected chi connectivity index (χ2v) is 9.09. The Kier molecular flexibility index (Phi) is 7.35. The van der Waals surface area contributed by atoms with Gasteiger partial charge in [0.05, 0.1) is 53.3 Å². The molecule has 0 unspecified atom stereocenters. The van der Waals surface area contributed by atoms with Crippen LogP contribution in [0.3, 0.4) is 0 Å². The van der Waals surface area contributed by atoms with Crippen molar-refractivity contribution < 1.29 is 9.47 Å². The summed E-state index contributed by atoms with van der Waals surface area (Å²) in [4.78, 5) is 13.5. The molecule has 0 saturated heterocycles. The zero-order valence-corrected chi connectivity index (χ0v) is 21.3. The summed E-state index contributed by atoms with van der Waals surface area (Å²) in [5.74, 6) is 0.604. The topological polar surface area (TPSA) is 87.0 Å². The zero-order valence-electron chi connectivity index (χ0n) is 21.3. The number of aryl methyl sites for hydroxylation is 1. The Morgan fingerprint density at radius 1 is 1.03 bits per heavy atom. The number of rotatable bonds is 9. The molecule has 10 radical (unpaired) electrons. The third kappa shape index (κ3) is 5.36. The highest BCUT2D eigenvalue weighted by Gasteiger charge is 2.33. The molecule has 0 atom stereocenters. The molecule has 0 amide bonds. The molecule has 0 aliphatic carbocycles. The molecular weight excluding hydrogens is 458 g/mol. The van der Waals surface area contributed by atoms with E-state index in [9.17, 15) is 0 Å². The number of nitrogens with one attached hydrogen (secondary N) is 1. The Morgan fingerprint density at radius 2 is 1.70 bits per heavy atom. The summed E-state index contributed by atoms with van der Waals surface area (Å²) < 4.78 is 13.0. The van der Waals surface area contributed by atoms with Crippen LogP contribution in [0.4, 0.5) is 5.69 Å². The number of hydrogen-bond donors (Lipinski definition) is 1. The molecule has 4 rings (SSSR count). The maximum atomic E-state index is 5.97. The van der Waals surface area contributed by atoms with Crippen LogP contribution in [0.5, 0.6) is 11.8 Å². The minimum absolute atomic E-state index is 0.0684. The van der Waals surface area contributed by atoms with Crippen molar-refractivity contribution in [2.75, 3.05) is 12.4 Å². The van der Waals surface area contributed by atoms with E-state index < -0.39 is 10.5 Å². The van der Waals surface area contributed by atoms with E-state index in [0.717, 1.165) is 22.5 Å². The predicted molar refractivity (Wildman–Crippen MR) is 149 cm³/mol. The van der Waals surface area contributed by atoms with E-state index in [-0.39, 0.29) is 11.9 Å². The van der Waals surface area contributed by atoms with Crippen LogP contribution in [0.2, 0.25) is 5.11 Å². The first-order chi connectivity index (χ1) is 17.4. The highest BCUT2D eigenvalue weighted by Crippen LogP contribution is 2.37. The monoisotopic (exact) mass is 482 g/mol. The molecule has 0 saturated carbocycles. The Balaban J connectivity index is 1.85. The van der Waals surface area contributed by atoms with Gasteiger partial charge in [-0.15, -0.1) is 5.11 Å². The molecule has 0 aliphatic rings. The SMILES string of the molecule is [B]C([B])([B])C([B])([B])Oc1ncccc1-c1cc(NCc2cccnc2OC)c2c(n1)c(C)nn2C(C)C. The number of aromatic nitrogens is 5. The maximum Gasteiger partial charge on any atom is 0.221 e. The average Bonchev–Trinajstić information content (AvgIpc) is 3.19. The first-order valence-corrected chi connectivity index (χ1v) is 11.6. The van der Waals surface area contributed by atoms with E-state index in [2.05, 4.69) is 29.1 Å². The minimum Gasteiger partial charge on any atom is -0.493 e. The highest BCUT2D eigenvalue weighted by molar-refractivity contribution is 6.66. The second kappa shape index (κ2) is 10.2. The Bertz CT molecular complexity index is 1420. The van der Waals surface area contributed by atoms with Gasteiger partial charge in [0.2, 0.25) is 11.8 Å². The van der Waals surface area contributed by atoms with Crippen molar-refractivity contribution in [3.8, 4) is 23.0 Å². The molecule has 0 aromatic carbocycles. The van der Waals surface area contributed by atoms with Gasteiger partial charge >= 0.3 is 0 Å². The summed E-state index contributed by atoms with van der Waals surface area (Å²) in [6, 6.07) is 9.28. The molecule has 1 N–H and O–H groups in total. The third-order valence-electron chi connectivity index (χ3n) is 5.81. The van der Waals surface area contributed by atoms with Crippen LogP contribution in [0.15, 0.2) is 42.7 Å². The van der Waals surface area contributed by atoms with E-state index in [1.165, 1.54) is 6.20 Å². The van der Waals surface area contributed by atoms with Crippen LogP contribution in [-0.2, 0) is 6.54 Å². The van der Waals surface area contributed by atoms with Gasteiger partial charge in [-0.25, -0.2) is 15.0 Å². The van der Waals surface area contributed by atoms with Gasteiger partial charge in [0.25, 0.3) is 0 Å². The lowest BCUT2D eigenvalue weighted by molar-refractivity contribution is 0.233. The Hall–Kier alpha value is -3.36. The second-order valence-electron chi connectivity index (χ2n) is 9.09. The first kappa shape index (κ1) is 26.7. The summed E-state index contributed by atoms with van der Waals surface area (Å²) in [6.45, 7) is 6.46. The summed E-state index contributed by atoms with van der Waals surface area (Å²) in [7, 11) is 30.7. The first-order valence-electron chi connectivity index (χ1n) is 11.6. The van der Waals surface area contributed by atoms with Crippen molar-refractivity contribution in [3.05, 3.63) is 54.0 Å². The van der Waals surface area contributed by atoms with Crippen molar-refractivity contribution in [2.45, 2.75) is 43.9 Å². The summed E-state index contributed by atoms with van der Waals surface area (Å²) in [5.41, 5.74) is 5.03. The Labute approximate surface area is 223 Å². The zero-order chi connectivity index (χ0) is 27.0. The van der Waals surface area contributed by atoms with Gasteiger partial charge < -0.3 is 14.8 Å². The van der Waals surface area contributed by atoms with Crippen LogP contribution in [0.25, 0.3) is 22.3 Å². The van der Waals surface area contributed by atoms with Gasteiger partial charge in [-0.2, -0.15) is 5.10 Å². The molecule has 4 aromatic rings. The average molecular weight is 482 g/mol. The van der Waals surface area contributed by atoms with Crippen LogP contribution in [0.1, 0.15) is 31.1 Å². The number of pyridine rings is 3. The lowest BCUT2D eigenvalue weighted by Gasteiger charge is -2.42. The fourth-order valence-corrected chi connectivity index (χ4v) is 3.78. The fraction of sp³-hybridized carbons (Fsp3) is 0.333. The van der Waals surface area contributed by atoms with E-state index in [1.54, 1.807) is 25.4 Å². The molecule has 176 valence electrons. The molecule has 0 spiro atoms. The molecule has 4 aromatic heterocycles. The van der Waals surface area contributed by atoms with Gasteiger partial charge in [0.1, 0.15) is 26.7 Å². The van der Waals surface area contributed by atoms with Crippen molar-refractivity contribution in [2.24, 2.45) is 0 Å². The van der Waals surface area contributed by atoms with Crippen LogP contribution < -0.4 is 14.8 Å². The number of ether oxygens (including phenoxy) is 2. The number of methoxy groups -OCH3 is 1. The minimum atomic E-state index is -2.11. The van der Waals surface area contributed by atoms with Gasteiger partial charge in [-0.1, -0.05) is 6.07 Å². The largest absolute Gasteiger partial charge is 0.493 e. The van der Waals surface area contributed by atoms with Gasteiger partial charge in [0, 0.05) is 35.9 Å². The molecule has 37 heavy (non-hydrogen) atoms. The standard InChI is InChI=1S/C24H23B5N6O2/c1-13(2)35-20-18(32-12-15-7-5-9-30-21(15)36-4)11-17(33-19(20)14(3)34-35)16-8-6-10-31-22(16)37-24(28,29)23(25,26)27/h5-11,13H,12H2,1-4H3,(H,32,33). The lowest BCUT2D eigenvalue weighted by Crippen LogP contribution is -2.51. The number of hydrogen-bond acceptors (Lipinski definition) is 7. The van der Waals surface area contributed by atoms with Crippen LogP contribution >= 0.6 is 0 Å². The molecule has 4 heterocycles. The van der Waals surface area contributed by atoms with E-state index in [1.807, 2.05) is 29.8 Å². The fourth-order valence-electron chi connectivity index (χ4n) is 3.78. The van der Waals surface area contributed by atoms with E-state index >= 15 is 0 Å². The molecule has 0 aliphatic heterocycles. The van der Waals surface area contributed by atoms with Gasteiger partial charge in [-0.05, 0) is 45.0 Å². The summed E-state index contributed by atoms with van der Waals surface area (Å²) in [5, 5.41) is 4.07. The number of nitrogens with zero attached hydrogens (tertiary/aromatic N) is 5. The number of fused-ring (bicyclic) bond motifs is 1. The van der Waals surface area contributed by atoms with Crippen molar-refractivity contribution >= 4 is 56.0 Å². The third-order valence-corrected chi connectivity index (χ3v) is 5.81. The highest BCUT2D eigenvalue weighted by atomic mass is 16.5. The van der Waals surface area contributed by atoms with Crippen molar-refractivity contribution in [1.29, 1.82) is 0 Å². The molecule has 0 bridgehead atoms. The maximum absolute atomic E-state index is 5.97. The van der Waals surface area contributed by atoms with Crippen molar-refractivity contribution in [3.63, 3.8) is 0 Å². The van der Waals surface area contributed by atoms with Gasteiger partial charge in [-0.3, -0.25) is 4.68 Å². The van der Waals surface area contributed by atoms with Crippen LogP contribution in [-0.4, -0.2) is 76.5 Å². The van der Waals surface area contributed by atoms with Crippen molar-refractivity contribution in [1.82, 2.24) is 24.7 Å². The molecule has 8 nitrogen and oxygen atoms in total. The molecule has 0 fully saturated rings. The molecule has 13 heteroatoms. The van der Waals surface area contributed by atoms with E-state index in [0.29, 0.717) is 29.2 Å². The predicted octanol–water partition coefficient (Wildman–Crippen LogP) is 2.35. The van der Waals surface area contributed by atoms with E-state index in [4.69, 9.17) is 58.8 Å². The number of anilines is 1. The summed E-state index contributed by atoms with van der Waals surface area (Å²) in [6.07, 6.45) is 3.20. The van der Waals surface area contributed by atoms with Gasteiger partial charge in [0.15, 0.2) is 0 Å². The Morgan fingerprint density at radius 3 is 2.35 bits per heavy atom. The summed E-state index contributed by atoms with van der Waals surface area (Å²) >= 11 is 0. The molecular formula is C24H23B5N6O2. The normalized spacial score (nSPS) is 12.1. The smallest absolute Gasteiger partial charge is 0.221 e. The van der Waals surface area contributed by atoms with Crippen LogP contribution in [0, 0.1) is 6.92 Å². The quantitative estimate of drug-likeness (QED) is 0.367.